The first-order chi connectivity index (χ1) is 16.6. The van der Waals surface area contributed by atoms with E-state index in [2.05, 4.69) is 147 Å². The molecular formula is C33H28Cl2Zr-2. The van der Waals surface area contributed by atoms with E-state index in [0.717, 1.165) is 0 Å². The fourth-order valence-electron chi connectivity index (χ4n) is 3.99. The van der Waals surface area contributed by atoms with Gasteiger partial charge in [0.05, 0.1) is 0 Å². The molecule has 0 spiro atoms. The zero-order chi connectivity index (χ0) is 23.8. The molecule has 0 bridgehead atoms. The third kappa shape index (κ3) is 8.24. The second-order valence-electron chi connectivity index (χ2n) is 8.43. The van der Waals surface area contributed by atoms with Gasteiger partial charge in [-0.3, -0.25) is 0 Å². The first kappa shape index (κ1) is 29.7. The van der Waals surface area contributed by atoms with Crippen LogP contribution in [0, 0.1) is 13.8 Å². The predicted octanol–water partition coefficient (Wildman–Crippen LogP) is 2.54. The van der Waals surface area contributed by atoms with Crippen molar-refractivity contribution in [1.82, 2.24) is 0 Å². The molecule has 180 valence electrons. The number of halogens is 2. The Bertz CT molecular complexity index is 1300. The van der Waals surface area contributed by atoms with E-state index in [1.807, 2.05) is 0 Å². The topological polar surface area (TPSA) is 0 Å². The normalized spacial score (nSPS) is 9.67. The molecule has 0 saturated carbocycles. The summed E-state index contributed by atoms with van der Waals surface area (Å²) in [6, 6.07) is 46.8. The van der Waals surface area contributed by atoms with Gasteiger partial charge in [0.25, 0.3) is 0 Å². The Labute approximate surface area is 241 Å². The molecule has 0 heterocycles. The summed E-state index contributed by atoms with van der Waals surface area (Å²) in [6.07, 6.45) is 0. The Kier molecular flexibility index (Phi) is 12.2. The maximum atomic E-state index is 2.20. The summed E-state index contributed by atoms with van der Waals surface area (Å²) in [6.45, 7) is 4.25. The molecule has 6 rings (SSSR count). The Hall–Kier alpha value is -2.57. The second kappa shape index (κ2) is 14.9. The van der Waals surface area contributed by atoms with Crippen LogP contribution in [0.25, 0.3) is 21.5 Å². The number of fused-ring (bicyclic) bond motifs is 2. The Morgan fingerprint density at radius 3 is 1.19 bits per heavy atom. The van der Waals surface area contributed by atoms with Crippen LogP contribution >= 0.6 is 0 Å². The van der Waals surface area contributed by atoms with Crippen LogP contribution in [0.5, 0.6) is 0 Å². The second-order valence-corrected chi connectivity index (χ2v) is 9.66. The summed E-state index contributed by atoms with van der Waals surface area (Å²) < 4.78 is 1.42. The summed E-state index contributed by atoms with van der Waals surface area (Å²) in [5.74, 6) is 0. The molecule has 0 aromatic heterocycles. The van der Waals surface area contributed by atoms with E-state index >= 15 is 0 Å². The number of aryl methyl sites for hydroxylation is 2. The van der Waals surface area contributed by atoms with Gasteiger partial charge < -0.3 is 24.8 Å². The van der Waals surface area contributed by atoms with Gasteiger partial charge in [0.2, 0.25) is 0 Å². The fraction of sp³-hybridized carbons (Fsp3) is 0.0606. The first-order valence-corrected chi connectivity index (χ1v) is 12.8. The van der Waals surface area contributed by atoms with Crippen LogP contribution in [0.15, 0.2) is 133 Å². The van der Waals surface area contributed by atoms with Crippen molar-refractivity contribution in [2.45, 2.75) is 13.8 Å². The molecule has 3 heteroatoms. The van der Waals surface area contributed by atoms with Gasteiger partial charge in [0, 0.05) is 0 Å². The van der Waals surface area contributed by atoms with E-state index < -0.39 is 0 Å². The number of rotatable bonds is 2. The molecule has 36 heavy (non-hydrogen) atoms. The van der Waals surface area contributed by atoms with Crippen LogP contribution in [-0.4, -0.2) is 3.21 Å². The molecule has 0 atom stereocenters. The fourth-order valence-corrected chi connectivity index (χ4v) is 4.81. The monoisotopic (exact) mass is 584 g/mol. The average Bonchev–Trinajstić information content (AvgIpc) is 3.46. The van der Waals surface area contributed by atoms with Crippen LogP contribution < -0.4 is 24.8 Å². The first-order valence-electron chi connectivity index (χ1n) is 11.5. The summed E-state index contributed by atoms with van der Waals surface area (Å²) in [5, 5.41) is 5.39. The van der Waals surface area contributed by atoms with Gasteiger partial charge in [-0.25, -0.2) is 0 Å². The van der Waals surface area contributed by atoms with Crippen molar-refractivity contribution in [3.63, 3.8) is 0 Å². The number of benzene rings is 4. The zero-order valence-corrected chi connectivity index (χ0v) is 24.4. The number of hydrogen-bond donors (Lipinski definition) is 0. The molecule has 0 nitrogen and oxygen atoms in total. The molecule has 0 aliphatic carbocycles. The predicted molar refractivity (Wildman–Crippen MR) is 145 cm³/mol. The summed E-state index contributed by atoms with van der Waals surface area (Å²) >= 11 is 1.46. The van der Waals surface area contributed by atoms with E-state index in [1.165, 1.54) is 71.2 Å². The molecule has 0 aliphatic rings. The van der Waals surface area contributed by atoms with Crippen molar-refractivity contribution >= 4 is 24.8 Å². The van der Waals surface area contributed by atoms with Crippen molar-refractivity contribution in [2.75, 3.05) is 0 Å². The van der Waals surface area contributed by atoms with Gasteiger partial charge in [-0.2, -0.15) is 12.1 Å². The van der Waals surface area contributed by atoms with Gasteiger partial charge >= 0.3 is 99.2 Å². The van der Waals surface area contributed by atoms with Crippen LogP contribution in [-0.2, 0) is 24.2 Å². The number of hydrogen-bond acceptors (Lipinski definition) is 0. The van der Waals surface area contributed by atoms with E-state index in [-0.39, 0.29) is 24.8 Å². The molecule has 0 fully saturated rings. The third-order valence-electron chi connectivity index (χ3n) is 5.65. The minimum atomic E-state index is 0. The zero-order valence-electron chi connectivity index (χ0n) is 20.5. The van der Waals surface area contributed by atoms with Gasteiger partial charge in [-0.15, -0.1) is 81.2 Å². The molecule has 0 saturated heterocycles. The van der Waals surface area contributed by atoms with Crippen LogP contribution in [0.2, 0.25) is 0 Å². The average molecular weight is 587 g/mol. The van der Waals surface area contributed by atoms with Crippen molar-refractivity contribution in [3.05, 3.63) is 156 Å². The molecule has 0 aliphatic heterocycles. The van der Waals surface area contributed by atoms with Gasteiger partial charge in [0.15, 0.2) is 0 Å². The van der Waals surface area contributed by atoms with E-state index in [9.17, 15) is 0 Å². The van der Waals surface area contributed by atoms with Crippen LogP contribution in [0.4, 0.5) is 0 Å². The van der Waals surface area contributed by atoms with E-state index in [4.69, 9.17) is 0 Å². The van der Waals surface area contributed by atoms with E-state index in [0.29, 0.717) is 0 Å². The molecule has 0 amide bonds. The quantitative estimate of drug-likeness (QED) is 0.274. The Morgan fingerprint density at radius 1 is 0.500 bits per heavy atom. The molecule has 6 aromatic rings. The molecule has 6 aromatic carbocycles. The van der Waals surface area contributed by atoms with Crippen molar-refractivity contribution < 1.29 is 49.0 Å². The maximum absolute atomic E-state index is 2.20. The van der Waals surface area contributed by atoms with Crippen molar-refractivity contribution in [3.8, 4) is 0 Å². The van der Waals surface area contributed by atoms with Gasteiger partial charge in [0.1, 0.15) is 0 Å². The van der Waals surface area contributed by atoms with Gasteiger partial charge in [-0.1, -0.05) is 26.0 Å². The molecular weight excluding hydrogens is 558 g/mol. The van der Waals surface area contributed by atoms with Crippen molar-refractivity contribution in [1.29, 1.82) is 0 Å². The Balaban J connectivity index is 0.000000188. The minimum absolute atomic E-state index is 0. The molecule has 0 unspecified atom stereocenters. The van der Waals surface area contributed by atoms with E-state index in [1.54, 1.807) is 0 Å². The molecule has 0 N–H and O–H groups in total. The summed E-state index contributed by atoms with van der Waals surface area (Å²) in [5.41, 5.74) is 5.36. The SMILES string of the molecule is Cc1cc2ccccc2[cH-]1.Cc1cc2ccccc2[cH-]1.[Cl-].[Cl-].[Zr+2]=[C](c1ccccc1)c1ccccc1. The van der Waals surface area contributed by atoms with Crippen molar-refractivity contribution in [2.24, 2.45) is 0 Å². The van der Waals surface area contributed by atoms with Crippen LogP contribution in [0.1, 0.15) is 22.3 Å². The molecule has 0 radical (unpaired) electrons. The Morgan fingerprint density at radius 2 is 0.833 bits per heavy atom. The third-order valence-corrected chi connectivity index (χ3v) is 7.07. The summed E-state index contributed by atoms with van der Waals surface area (Å²) in [4.78, 5) is 0. The summed E-state index contributed by atoms with van der Waals surface area (Å²) in [7, 11) is 0. The van der Waals surface area contributed by atoms with Crippen LogP contribution in [0.3, 0.4) is 0 Å². The standard InChI is InChI=1S/C13H10.2C10H9.2ClH.Zr/c1-3-7-12(8-4-1)11-13-9-5-2-6-10-13;2*1-8-6-9-4-2-3-5-10(9)7-8;;;/h1-10H;2*2-7H,1H3;2*1H;/q;2*-1;;;+2/p-2. The van der Waals surface area contributed by atoms with Gasteiger partial charge in [-0.05, 0) is 0 Å².